The Labute approximate surface area is 104 Å². The van der Waals surface area contributed by atoms with Gasteiger partial charge in [0.1, 0.15) is 5.69 Å². The molecule has 1 rings (SSSR count). The van der Waals surface area contributed by atoms with Crippen LogP contribution in [0.1, 0.15) is 58.9 Å². The van der Waals surface area contributed by atoms with Gasteiger partial charge >= 0.3 is 0 Å². The van der Waals surface area contributed by atoms with Gasteiger partial charge < -0.3 is 9.84 Å². The summed E-state index contributed by atoms with van der Waals surface area (Å²) in [6.45, 7) is 10.4. The fourth-order valence-corrected chi connectivity index (χ4v) is 1.92. The van der Waals surface area contributed by atoms with E-state index < -0.39 is 6.10 Å². The van der Waals surface area contributed by atoms with E-state index in [1.54, 1.807) is 13.3 Å². The van der Waals surface area contributed by atoms with Gasteiger partial charge in [-0.3, -0.25) is 4.68 Å². The van der Waals surface area contributed by atoms with E-state index in [9.17, 15) is 5.11 Å². The second-order valence-corrected chi connectivity index (χ2v) is 5.92. The molecule has 1 aromatic rings. The van der Waals surface area contributed by atoms with E-state index >= 15 is 0 Å². The molecule has 4 heteroatoms. The smallest absolute Gasteiger partial charge is 0.162 e. The number of aromatic nitrogens is 2. The van der Waals surface area contributed by atoms with Gasteiger partial charge in [-0.2, -0.15) is 5.10 Å². The van der Waals surface area contributed by atoms with Gasteiger partial charge in [0.15, 0.2) is 5.75 Å². The van der Waals surface area contributed by atoms with Crippen molar-refractivity contribution in [2.24, 2.45) is 5.41 Å². The molecule has 0 bridgehead atoms. The lowest BCUT2D eigenvalue weighted by Gasteiger charge is -2.24. The van der Waals surface area contributed by atoms with Crippen molar-refractivity contribution in [3.63, 3.8) is 0 Å². The van der Waals surface area contributed by atoms with Crippen LogP contribution in [0.4, 0.5) is 0 Å². The summed E-state index contributed by atoms with van der Waals surface area (Å²) in [5.41, 5.74) is 0.841. The highest BCUT2D eigenvalue weighted by Gasteiger charge is 2.25. The van der Waals surface area contributed by atoms with E-state index in [1.165, 1.54) is 0 Å². The number of nitrogens with zero attached hydrogens (tertiary/aromatic N) is 2. The summed E-state index contributed by atoms with van der Waals surface area (Å²) in [6.07, 6.45) is 1.80. The van der Waals surface area contributed by atoms with Crippen molar-refractivity contribution in [2.75, 3.05) is 7.11 Å². The lowest BCUT2D eigenvalue weighted by molar-refractivity contribution is 0.109. The van der Waals surface area contributed by atoms with Gasteiger partial charge in [-0.1, -0.05) is 20.8 Å². The molecule has 1 unspecified atom stereocenters. The molecule has 0 saturated carbocycles. The minimum absolute atomic E-state index is 0.0660. The third kappa shape index (κ3) is 3.46. The van der Waals surface area contributed by atoms with E-state index in [2.05, 4.69) is 25.9 Å². The first-order chi connectivity index (χ1) is 7.76. The summed E-state index contributed by atoms with van der Waals surface area (Å²) in [6, 6.07) is 0.212. The molecule has 4 nitrogen and oxygen atoms in total. The number of hydrogen-bond acceptors (Lipinski definition) is 3. The van der Waals surface area contributed by atoms with Crippen LogP contribution in [0.2, 0.25) is 0 Å². The molecule has 0 aliphatic heterocycles. The molecule has 0 saturated heterocycles. The molecule has 0 radical (unpaired) electrons. The Morgan fingerprint density at radius 2 is 2.00 bits per heavy atom. The third-order valence-electron chi connectivity index (χ3n) is 2.63. The highest BCUT2D eigenvalue weighted by Crippen LogP contribution is 2.34. The van der Waals surface area contributed by atoms with Crippen molar-refractivity contribution < 1.29 is 9.84 Å². The van der Waals surface area contributed by atoms with E-state index in [4.69, 9.17) is 4.74 Å². The van der Waals surface area contributed by atoms with Crippen molar-refractivity contribution in [1.82, 2.24) is 9.78 Å². The van der Waals surface area contributed by atoms with Crippen molar-refractivity contribution in [3.8, 4) is 5.75 Å². The maximum absolute atomic E-state index is 10.3. The predicted molar refractivity (Wildman–Crippen MR) is 68.2 cm³/mol. The van der Waals surface area contributed by atoms with Crippen LogP contribution in [0, 0.1) is 5.41 Å². The van der Waals surface area contributed by atoms with Crippen molar-refractivity contribution in [1.29, 1.82) is 0 Å². The second kappa shape index (κ2) is 5.08. The standard InChI is InChI=1S/C13H24N2O2/c1-9(2)15-12(11(17-6)8-14-15)10(16)7-13(3,4)5/h8-10,16H,7H2,1-6H3. The van der Waals surface area contributed by atoms with Crippen LogP contribution < -0.4 is 4.74 Å². The summed E-state index contributed by atoms with van der Waals surface area (Å²) in [5.74, 6) is 0.662. The van der Waals surface area contributed by atoms with Crippen LogP contribution in [0.25, 0.3) is 0 Å². The number of ether oxygens (including phenoxy) is 1. The highest BCUT2D eigenvalue weighted by molar-refractivity contribution is 5.27. The van der Waals surface area contributed by atoms with Crippen LogP contribution in [0.15, 0.2) is 6.20 Å². The molecule has 0 fully saturated rings. The van der Waals surface area contributed by atoms with Crippen LogP contribution in [-0.2, 0) is 0 Å². The van der Waals surface area contributed by atoms with Gasteiger partial charge in [0, 0.05) is 6.04 Å². The topological polar surface area (TPSA) is 47.3 Å². The summed E-state index contributed by atoms with van der Waals surface area (Å²) < 4.78 is 7.10. The number of methoxy groups -OCH3 is 1. The SMILES string of the molecule is COc1cnn(C(C)C)c1C(O)CC(C)(C)C. The van der Waals surface area contributed by atoms with Gasteiger partial charge in [0.05, 0.1) is 19.4 Å². The zero-order valence-electron chi connectivity index (χ0n) is 11.7. The van der Waals surface area contributed by atoms with Crippen molar-refractivity contribution >= 4 is 0 Å². The zero-order valence-corrected chi connectivity index (χ0v) is 11.7. The fourth-order valence-electron chi connectivity index (χ4n) is 1.92. The maximum Gasteiger partial charge on any atom is 0.162 e. The first kappa shape index (κ1) is 14.0. The molecule has 1 aromatic heterocycles. The molecule has 0 aliphatic carbocycles. The van der Waals surface area contributed by atoms with Gasteiger partial charge in [-0.05, 0) is 25.7 Å². The van der Waals surface area contributed by atoms with Crippen LogP contribution in [0.5, 0.6) is 5.75 Å². The predicted octanol–water partition coefficient (Wildman–Crippen LogP) is 2.94. The quantitative estimate of drug-likeness (QED) is 0.880. The lowest BCUT2D eigenvalue weighted by Crippen LogP contribution is -2.17. The Bertz CT molecular complexity index is 364. The Kier molecular flexibility index (Phi) is 4.20. The van der Waals surface area contributed by atoms with Gasteiger partial charge in [0.25, 0.3) is 0 Å². The average molecular weight is 240 g/mol. The van der Waals surface area contributed by atoms with E-state index in [1.807, 2.05) is 18.5 Å². The summed E-state index contributed by atoms with van der Waals surface area (Å²) >= 11 is 0. The lowest BCUT2D eigenvalue weighted by atomic mass is 9.88. The molecule has 1 atom stereocenters. The van der Waals surface area contributed by atoms with E-state index in [-0.39, 0.29) is 11.5 Å². The first-order valence-electron chi connectivity index (χ1n) is 6.05. The highest BCUT2D eigenvalue weighted by atomic mass is 16.5. The largest absolute Gasteiger partial charge is 0.493 e. The minimum Gasteiger partial charge on any atom is -0.493 e. The number of rotatable bonds is 4. The number of aliphatic hydroxyl groups is 1. The maximum atomic E-state index is 10.3. The zero-order chi connectivity index (χ0) is 13.2. The molecule has 98 valence electrons. The third-order valence-corrected chi connectivity index (χ3v) is 2.63. The summed E-state index contributed by atoms with van der Waals surface area (Å²) in [4.78, 5) is 0. The molecule has 0 amide bonds. The monoisotopic (exact) mass is 240 g/mol. The summed E-state index contributed by atoms with van der Waals surface area (Å²) in [5, 5.41) is 14.6. The van der Waals surface area contributed by atoms with Crippen molar-refractivity contribution in [2.45, 2.75) is 53.2 Å². The Balaban J connectivity index is 3.05. The van der Waals surface area contributed by atoms with Crippen molar-refractivity contribution in [3.05, 3.63) is 11.9 Å². The number of aliphatic hydroxyl groups excluding tert-OH is 1. The Morgan fingerprint density at radius 3 is 2.41 bits per heavy atom. The molecule has 0 spiro atoms. The Morgan fingerprint density at radius 1 is 1.41 bits per heavy atom. The van der Waals surface area contributed by atoms with Gasteiger partial charge in [-0.15, -0.1) is 0 Å². The molecular formula is C13H24N2O2. The first-order valence-corrected chi connectivity index (χ1v) is 6.05. The van der Waals surface area contributed by atoms with Crippen LogP contribution >= 0.6 is 0 Å². The molecule has 0 aliphatic rings. The normalized spacial score (nSPS) is 14.1. The van der Waals surface area contributed by atoms with Crippen LogP contribution in [-0.4, -0.2) is 22.0 Å². The summed E-state index contributed by atoms with van der Waals surface area (Å²) in [7, 11) is 1.61. The van der Waals surface area contributed by atoms with Gasteiger partial charge in [0.2, 0.25) is 0 Å². The number of hydrogen-bond donors (Lipinski definition) is 1. The van der Waals surface area contributed by atoms with E-state index in [0.717, 1.165) is 5.69 Å². The molecule has 1 N–H and O–H groups in total. The second-order valence-electron chi connectivity index (χ2n) is 5.92. The van der Waals surface area contributed by atoms with Gasteiger partial charge in [-0.25, -0.2) is 0 Å². The van der Waals surface area contributed by atoms with Crippen LogP contribution in [0.3, 0.4) is 0 Å². The molecule has 1 heterocycles. The van der Waals surface area contributed by atoms with E-state index in [0.29, 0.717) is 12.2 Å². The molecule has 17 heavy (non-hydrogen) atoms. The molecule has 0 aromatic carbocycles. The minimum atomic E-state index is -0.546. The average Bonchev–Trinajstić information content (AvgIpc) is 2.57. The molecular weight excluding hydrogens is 216 g/mol. The fraction of sp³-hybridized carbons (Fsp3) is 0.769. The Hall–Kier alpha value is -1.03.